The Hall–Kier alpha value is -2.28. The van der Waals surface area contributed by atoms with Gasteiger partial charge in [0.15, 0.2) is 0 Å². The molecule has 1 aliphatic rings. The molecule has 0 aromatic carbocycles. The number of rotatable bonds is 3. The van der Waals surface area contributed by atoms with Crippen LogP contribution in [0.15, 0.2) is 31.1 Å². The van der Waals surface area contributed by atoms with Crippen LogP contribution in [-0.4, -0.2) is 38.6 Å². The number of amides is 1. The summed E-state index contributed by atoms with van der Waals surface area (Å²) < 4.78 is 6.87. The van der Waals surface area contributed by atoms with Crippen molar-refractivity contribution in [1.82, 2.24) is 19.5 Å². The molecule has 3 rings (SSSR count). The third-order valence-electron chi connectivity index (χ3n) is 2.94. The summed E-state index contributed by atoms with van der Waals surface area (Å²) in [4.78, 5) is 24.1. The quantitative estimate of drug-likeness (QED) is 0.874. The first-order valence-electron chi connectivity index (χ1n) is 6.02. The number of carbonyl (C=O) groups excluding carboxylic acids is 1. The van der Waals surface area contributed by atoms with Crippen molar-refractivity contribution in [2.75, 3.05) is 18.5 Å². The van der Waals surface area contributed by atoms with E-state index >= 15 is 0 Å². The van der Waals surface area contributed by atoms with Crippen LogP contribution in [0.25, 0.3) is 5.95 Å². The Labute approximate surface area is 109 Å². The fraction of sp³-hybridized carbons (Fsp3) is 0.333. The maximum Gasteiger partial charge on any atom is 0.234 e. The lowest BCUT2D eigenvalue weighted by Crippen LogP contribution is -2.23. The summed E-state index contributed by atoms with van der Waals surface area (Å²) >= 11 is 0. The molecule has 1 N–H and O–H groups in total. The number of hydrogen-bond acceptors (Lipinski definition) is 5. The van der Waals surface area contributed by atoms with Crippen LogP contribution in [-0.2, 0) is 9.53 Å². The van der Waals surface area contributed by atoms with Crippen molar-refractivity contribution in [3.8, 4) is 5.95 Å². The number of hydrogen-bond donors (Lipinski definition) is 1. The molecule has 2 aromatic heterocycles. The summed E-state index contributed by atoms with van der Waals surface area (Å²) in [7, 11) is 0. The first kappa shape index (κ1) is 11.8. The minimum Gasteiger partial charge on any atom is -0.381 e. The molecule has 1 aliphatic heterocycles. The third-order valence-corrected chi connectivity index (χ3v) is 2.94. The Bertz CT molecular complexity index is 546. The van der Waals surface area contributed by atoms with Crippen LogP contribution in [0.4, 0.5) is 5.69 Å². The van der Waals surface area contributed by atoms with E-state index in [-0.39, 0.29) is 11.8 Å². The number of ether oxygens (including phenoxy) is 1. The van der Waals surface area contributed by atoms with Gasteiger partial charge in [-0.15, -0.1) is 0 Å². The third kappa shape index (κ3) is 2.60. The van der Waals surface area contributed by atoms with Crippen LogP contribution in [0, 0.1) is 5.92 Å². The summed E-state index contributed by atoms with van der Waals surface area (Å²) in [6.45, 7) is 1.13. The Kier molecular flexibility index (Phi) is 3.20. The van der Waals surface area contributed by atoms with Crippen molar-refractivity contribution in [3.05, 3.63) is 31.1 Å². The predicted molar refractivity (Wildman–Crippen MR) is 66.7 cm³/mol. The highest BCUT2D eigenvalue weighted by atomic mass is 16.5. The lowest BCUT2D eigenvalue weighted by Gasteiger charge is -2.09. The zero-order valence-corrected chi connectivity index (χ0v) is 10.2. The second-order valence-electron chi connectivity index (χ2n) is 4.29. The van der Waals surface area contributed by atoms with E-state index in [1.54, 1.807) is 35.7 Å². The molecular weight excluding hydrogens is 246 g/mol. The van der Waals surface area contributed by atoms with E-state index in [2.05, 4.69) is 20.3 Å². The highest BCUT2D eigenvalue weighted by Gasteiger charge is 2.23. The average molecular weight is 259 g/mol. The van der Waals surface area contributed by atoms with E-state index in [1.165, 1.54) is 0 Å². The molecule has 0 aliphatic carbocycles. The molecule has 0 saturated carbocycles. The van der Waals surface area contributed by atoms with Gasteiger partial charge in [-0.05, 0) is 6.42 Å². The van der Waals surface area contributed by atoms with Crippen LogP contribution in [0.5, 0.6) is 0 Å². The van der Waals surface area contributed by atoms with Gasteiger partial charge in [0.2, 0.25) is 11.9 Å². The molecule has 98 valence electrons. The maximum absolute atomic E-state index is 11.9. The lowest BCUT2D eigenvalue weighted by atomic mass is 10.1. The molecule has 2 aromatic rings. The highest BCUT2D eigenvalue weighted by molar-refractivity contribution is 5.92. The van der Waals surface area contributed by atoms with Gasteiger partial charge in [-0.1, -0.05) is 0 Å². The topological polar surface area (TPSA) is 81.9 Å². The van der Waals surface area contributed by atoms with E-state index < -0.39 is 0 Å². The molecule has 1 atom stereocenters. The summed E-state index contributed by atoms with van der Waals surface area (Å²) in [5.74, 6) is 0.393. The first-order chi connectivity index (χ1) is 9.33. The fourth-order valence-electron chi connectivity index (χ4n) is 1.88. The number of anilines is 1. The van der Waals surface area contributed by atoms with Gasteiger partial charge in [0.25, 0.3) is 0 Å². The van der Waals surface area contributed by atoms with Gasteiger partial charge < -0.3 is 10.1 Å². The number of nitrogens with one attached hydrogen (secondary N) is 1. The molecule has 7 heteroatoms. The van der Waals surface area contributed by atoms with E-state index in [4.69, 9.17) is 4.74 Å². The molecule has 7 nitrogen and oxygen atoms in total. The Morgan fingerprint density at radius 2 is 2.26 bits per heavy atom. The molecule has 3 heterocycles. The second kappa shape index (κ2) is 5.15. The van der Waals surface area contributed by atoms with Gasteiger partial charge in [0, 0.05) is 19.0 Å². The first-order valence-corrected chi connectivity index (χ1v) is 6.02. The molecule has 19 heavy (non-hydrogen) atoms. The van der Waals surface area contributed by atoms with Crippen molar-refractivity contribution < 1.29 is 9.53 Å². The molecule has 1 amide bonds. The van der Waals surface area contributed by atoms with Gasteiger partial charge in [0.05, 0.1) is 30.6 Å². The van der Waals surface area contributed by atoms with Gasteiger partial charge in [-0.25, -0.2) is 15.0 Å². The average Bonchev–Trinajstić information content (AvgIpc) is 3.13. The number of nitrogens with zero attached hydrogens (tertiary/aromatic N) is 4. The smallest absolute Gasteiger partial charge is 0.234 e. The molecular formula is C12H13N5O2. The number of aromatic nitrogens is 4. The number of imidazole rings is 1. The monoisotopic (exact) mass is 259 g/mol. The molecule has 1 fully saturated rings. The zero-order valence-electron chi connectivity index (χ0n) is 10.2. The van der Waals surface area contributed by atoms with Crippen LogP contribution in [0.1, 0.15) is 6.42 Å². The molecule has 0 radical (unpaired) electrons. The summed E-state index contributed by atoms with van der Waals surface area (Å²) in [6.07, 6.45) is 8.94. The van der Waals surface area contributed by atoms with Crippen molar-refractivity contribution >= 4 is 11.6 Å². The van der Waals surface area contributed by atoms with Crippen molar-refractivity contribution in [1.29, 1.82) is 0 Å². The lowest BCUT2D eigenvalue weighted by molar-refractivity contribution is -0.119. The van der Waals surface area contributed by atoms with E-state index in [0.29, 0.717) is 24.8 Å². The van der Waals surface area contributed by atoms with Gasteiger partial charge in [-0.2, -0.15) is 0 Å². The number of carbonyl (C=O) groups is 1. The largest absolute Gasteiger partial charge is 0.381 e. The highest BCUT2D eigenvalue weighted by Crippen LogP contribution is 2.15. The van der Waals surface area contributed by atoms with E-state index in [0.717, 1.165) is 6.42 Å². The summed E-state index contributed by atoms with van der Waals surface area (Å²) in [5.41, 5.74) is 0.584. The van der Waals surface area contributed by atoms with Crippen LogP contribution >= 0.6 is 0 Å². The molecule has 1 unspecified atom stereocenters. The zero-order chi connectivity index (χ0) is 13.1. The van der Waals surface area contributed by atoms with Gasteiger partial charge >= 0.3 is 0 Å². The Morgan fingerprint density at radius 1 is 1.42 bits per heavy atom. The Morgan fingerprint density at radius 3 is 2.89 bits per heavy atom. The van der Waals surface area contributed by atoms with Crippen molar-refractivity contribution in [2.45, 2.75) is 6.42 Å². The normalized spacial score (nSPS) is 18.4. The molecule has 0 spiro atoms. The van der Waals surface area contributed by atoms with E-state index in [1.807, 2.05) is 0 Å². The summed E-state index contributed by atoms with van der Waals surface area (Å²) in [5, 5.41) is 2.79. The van der Waals surface area contributed by atoms with Gasteiger partial charge in [-0.3, -0.25) is 9.36 Å². The Balaban J connectivity index is 1.67. The SMILES string of the molecule is O=C(Nc1cnc(-n2ccnc2)nc1)C1CCOC1. The minimum atomic E-state index is -0.0756. The predicted octanol–water partition coefficient (Wildman–Crippen LogP) is 0.637. The van der Waals surface area contributed by atoms with Crippen LogP contribution in [0.3, 0.4) is 0 Å². The van der Waals surface area contributed by atoms with E-state index in [9.17, 15) is 4.79 Å². The van der Waals surface area contributed by atoms with Gasteiger partial charge in [0.1, 0.15) is 6.33 Å². The molecule has 1 saturated heterocycles. The fourth-order valence-corrected chi connectivity index (χ4v) is 1.88. The second-order valence-corrected chi connectivity index (χ2v) is 4.29. The molecule has 0 bridgehead atoms. The minimum absolute atomic E-state index is 0.0449. The van der Waals surface area contributed by atoms with Crippen LogP contribution < -0.4 is 5.32 Å². The summed E-state index contributed by atoms with van der Waals surface area (Å²) in [6, 6.07) is 0. The van der Waals surface area contributed by atoms with Crippen molar-refractivity contribution in [2.24, 2.45) is 5.92 Å². The maximum atomic E-state index is 11.9. The standard InChI is InChI=1S/C12H13N5O2/c18-11(9-1-4-19-7-9)16-10-5-14-12(15-6-10)17-3-2-13-8-17/h2-3,5-6,8-9H,1,4,7H2,(H,16,18). The van der Waals surface area contributed by atoms with Crippen molar-refractivity contribution in [3.63, 3.8) is 0 Å². The van der Waals surface area contributed by atoms with Crippen LogP contribution in [0.2, 0.25) is 0 Å².